The Bertz CT molecular complexity index is 3520. The molecule has 11 aromatic rings. The van der Waals surface area contributed by atoms with Crippen molar-refractivity contribution < 1.29 is 0 Å². The molecule has 60 heavy (non-hydrogen) atoms. The molecule has 0 N–H and O–H groups in total. The van der Waals surface area contributed by atoms with E-state index >= 15 is 0 Å². The standard InChI is InChI=1S/C56H32N4/c57-33-37-19-11-24-40-38(37)23-12-25-43(40)48-29-28-46-41-21-9-10-22-42(41)47-30-31-49(52(48)51(46)47)44-26-13-27-45-50(44)32-36-18-7-8-20-39(36)53(45)56-59-54(34-14-3-1-4-15-34)58-55(60-56)35-16-5-2-6-17-35/h1-32H. The lowest BCUT2D eigenvalue weighted by Crippen LogP contribution is -2.01. The van der Waals surface area contributed by atoms with Crippen LogP contribution >= 0.6 is 0 Å². The number of hydrogen-bond acceptors (Lipinski definition) is 4. The quantitative estimate of drug-likeness (QED) is 0.164. The zero-order valence-corrected chi connectivity index (χ0v) is 32.3. The molecule has 0 bridgehead atoms. The summed E-state index contributed by atoms with van der Waals surface area (Å²) < 4.78 is 0. The highest BCUT2D eigenvalue weighted by atomic mass is 15.0. The van der Waals surface area contributed by atoms with E-state index in [9.17, 15) is 5.26 Å². The van der Waals surface area contributed by atoms with Crippen LogP contribution in [0, 0.1) is 11.3 Å². The van der Waals surface area contributed by atoms with E-state index in [1.807, 2.05) is 48.5 Å². The van der Waals surface area contributed by atoms with E-state index in [4.69, 9.17) is 15.0 Å². The second-order valence-electron chi connectivity index (χ2n) is 15.3. The number of fused-ring (bicyclic) bond motifs is 6. The van der Waals surface area contributed by atoms with Gasteiger partial charge in [-0.25, -0.2) is 15.0 Å². The average molecular weight is 761 g/mol. The average Bonchev–Trinajstić information content (AvgIpc) is 3.65. The molecule has 4 nitrogen and oxygen atoms in total. The van der Waals surface area contributed by atoms with E-state index in [-0.39, 0.29) is 0 Å². The Labute approximate surface area is 346 Å². The van der Waals surface area contributed by atoms with Gasteiger partial charge in [0.15, 0.2) is 17.5 Å². The number of aromatic nitrogens is 3. The van der Waals surface area contributed by atoms with Gasteiger partial charge in [-0.15, -0.1) is 0 Å². The van der Waals surface area contributed by atoms with Gasteiger partial charge in [0, 0.05) is 22.1 Å². The molecule has 0 atom stereocenters. The molecule has 0 aliphatic heterocycles. The lowest BCUT2D eigenvalue weighted by Gasteiger charge is -2.19. The minimum atomic E-state index is 0.627. The highest BCUT2D eigenvalue weighted by Gasteiger charge is 2.27. The van der Waals surface area contributed by atoms with Crippen molar-refractivity contribution in [2.24, 2.45) is 0 Å². The summed E-state index contributed by atoms with van der Waals surface area (Å²) >= 11 is 0. The highest BCUT2D eigenvalue weighted by Crippen LogP contribution is 2.53. The van der Waals surface area contributed by atoms with Crippen molar-refractivity contribution in [3.8, 4) is 84.7 Å². The van der Waals surface area contributed by atoms with Gasteiger partial charge >= 0.3 is 0 Å². The molecule has 1 aliphatic rings. The molecule has 0 spiro atoms. The van der Waals surface area contributed by atoms with Gasteiger partial charge < -0.3 is 0 Å². The summed E-state index contributed by atoms with van der Waals surface area (Å²) in [6, 6.07) is 70.5. The Balaban J connectivity index is 1.18. The first-order valence-corrected chi connectivity index (χ1v) is 20.2. The lowest BCUT2D eigenvalue weighted by atomic mass is 9.84. The van der Waals surface area contributed by atoms with Crippen LogP contribution in [0.3, 0.4) is 0 Å². The van der Waals surface area contributed by atoms with Crippen LogP contribution < -0.4 is 0 Å². The molecule has 12 rings (SSSR count). The fourth-order valence-corrected chi connectivity index (χ4v) is 9.47. The van der Waals surface area contributed by atoms with Crippen molar-refractivity contribution in [3.05, 3.63) is 200 Å². The summed E-state index contributed by atoms with van der Waals surface area (Å²) in [4.78, 5) is 15.5. The van der Waals surface area contributed by atoms with E-state index < -0.39 is 0 Å². The Morgan fingerprint density at radius 3 is 1.38 bits per heavy atom. The van der Waals surface area contributed by atoms with Crippen LogP contribution in [0.4, 0.5) is 0 Å². The molecule has 0 fully saturated rings. The normalized spacial score (nSPS) is 11.7. The molecule has 1 aliphatic carbocycles. The molecule has 10 aromatic carbocycles. The van der Waals surface area contributed by atoms with Crippen LogP contribution in [0.25, 0.3) is 122 Å². The fourth-order valence-electron chi connectivity index (χ4n) is 9.47. The summed E-state index contributed by atoms with van der Waals surface area (Å²) in [7, 11) is 0. The third kappa shape index (κ3) is 5.13. The van der Waals surface area contributed by atoms with Crippen molar-refractivity contribution in [1.29, 1.82) is 5.26 Å². The van der Waals surface area contributed by atoms with Crippen molar-refractivity contribution in [2.75, 3.05) is 0 Å². The van der Waals surface area contributed by atoms with Crippen LogP contribution in [-0.2, 0) is 0 Å². The molecule has 276 valence electrons. The molecule has 0 radical (unpaired) electrons. The first-order chi connectivity index (χ1) is 29.7. The maximum absolute atomic E-state index is 10.1. The van der Waals surface area contributed by atoms with E-state index in [1.54, 1.807) is 0 Å². The Kier molecular flexibility index (Phi) is 7.57. The Morgan fingerprint density at radius 2 is 0.767 bits per heavy atom. The Hall–Kier alpha value is -8.26. The number of nitriles is 1. The van der Waals surface area contributed by atoms with Gasteiger partial charge in [0.2, 0.25) is 0 Å². The first-order valence-electron chi connectivity index (χ1n) is 20.2. The number of hydrogen-bond donors (Lipinski definition) is 0. The third-order valence-electron chi connectivity index (χ3n) is 12.1. The monoisotopic (exact) mass is 760 g/mol. The molecule has 0 unspecified atom stereocenters. The van der Waals surface area contributed by atoms with Crippen molar-refractivity contribution in [1.82, 2.24) is 15.0 Å². The molecular formula is C56H32N4. The molecule has 0 amide bonds. The molecule has 0 saturated carbocycles. The largest absolute Gasteiger partial charge is 0.208 e. The predicted octanol–water partition coefficient (Wildman–Crippen LogP) is 14.3. The van der Waals surface area contributed by atoms with E-state index in [0.29, 0.717) is 23.0 Å². The minimum absolute atomic E-state index is 0.627. The number of nitrogens with zero attached hydrogens (tertiary/aromatic N) is 4. The second-order valence-corrected chi connectivity index (χ2v) is 15.3. The van der Waals surface area contributed by atoms with Crippen LogP contribution in [0.1, 0.15) is 5.56 Å². The van der Waals surface area contributed by atoms with Crippen LogP contribution in [0.5, 0.6) is 0 Å². The maximum Gasteiger partial charge on any atom is 0.165 e. The molecule has 0 saturated heterocycles. The van der Waals surface area contributed by atoms with Gasteiger partial charge in [0.1, 0.15) is 0 Å². The lowest BCUT2D eigenvalue weighted by molar-refractivity contribution is 1.08. The Morgan fingerprint density at radius 1 is 0.317 bits per heavy atom. The van der Waals surface area contributed by atoms with Crippen LogP contribution in [0.2, 0.25) is 0 Å². The third-order valence-corrected chi connectivity index (χ3v) is 12.1. The zero-order chi connectivity index (χ0) is 39.7. The van der Waals surface area contributed by atoms with Gasteiger partial charge in [-0.3, -0.25) is 0 Å². The van der Waals surface area contributed by atoms with Crippen LogP contribution in [-0.4, -0.2) is 15.0 Å². The smallest absolute Gasteiger partial charge is 0.165 e. The van der Waals surface area contributed by atoms with Crippen molar-refractivity contribution in [3.63, 3.8) is 0 Å². The van der Waals surface area contributed by atoms with Crippen LogP contribution in [0.15, 0.2) is 194 Å². The molecule has 1 aromatic heterocycles. The summed E-state index contributed by atoms with van der Waals surface area (Å²) in [5.74, 6) is 1.88. The summed E-state index contributed by atoms with van der Waals surface area (Å²) in [5, 5.41) is 18.9. The summed E-state index contributed by atoms with van der Waals surface area (Å²) in [6.07, 6.45) is 0. The van der Waals surface area contributed by atoms with Gasteiger partial charge in [0.25, 0.3) is 0 Å². The zero-order valence-electron chi connectivity index (χ0n) is 32.3. The van der Waals surface area contributed by atoms with Gasteiger partial charge in [-0.05, 0) is 94.3 Å². The van der Waals surface area contributed by atoms with Gasteiger partial charge in [-0.2, -0.15) is 5.26 Å². The van der Waals surface area contributed by atoms with E-state index in [1.165, 1.54) is 33.0 Å². The molecule has 4 heteroatoms. The fraction of sp³-hybridized carbons (Fsp3) is 0. The number of benzene rings is 10. The SMILES string of the molecule is N#Cc1cccc2c(-c3ccc4c5c(ccc(-c6cccc7c(-c8nc(-c9ccccc9)nc(-c9ccccc9)n8)c8ccccc8cc67)c35)-c3ccccc3-4)cccc12. The summed E-state index contributed by atoms with van der Waals surface area (Å²) in [5.41, 5.74) is 13.0. The van der Waals surface area contributed by atoms with Gasteiger partial charge in [-0.1, -0.05) is 182 Å². The first kappa shape index (κ1) is 33.8. The highest BCUT2D eigenvalue weighted by molar-refractivity contribution is 6.26. The topological polar surface area (TPSA) is 62.5 Å². The van der Waals surface area contributed by atoms with Gasteiger partial charge in [0.05, 0.1) is 11.6 Å². The van der Waals surface area contributed by atoms with E-state index in [0.717, 1.165) is 71.3 Å². The molecule has 1 heterocycles. The molecular weight excluding hydrogens is 729 g/mol. The predicted molar refractivity (Wildman–Crippen MR) is 246 cm³/mol. The summed E-state index contributed by atoms with van der Waals surface area (Å²) in [6.45, 7) is 0. The van der Waals surface area contributed by atoms with Crippen molar-refractivity contribution >= 4 is 43.1 Å². The minimum Gasteiger partial charge on any atom is -0.208 e. The maximum atomic E-state index is 10.1. The van der Waals surface area contributed by atoms with Crippen molar-refractivity contribution in [2.45, 2.75) is 0 Å². The second kappa shape index (κ2) is 13.4. The number of rotatable bonds is 5. The van der Waals surface area contributed by atoms with E-state index in [2.05, 4.69) is 152 Å².